The Bertz CT molecular complexity index is 916. The van der Waals surface area contributed by atoms with Gasteiger partial charge in [0.25, 0.3) is 5.91 Å². The van der Waals surface area contributed by atoms with E-state index in [1.807, 2.05) is 0 Å². The van der Waals surface area contributed by atoms with Crippen molar-refractivity contribution in [3.63, 3.8) is 0 Å². The van der Waals surface area contributed by atoms with Crippen molar-refractivity contribution in [1.29, 1.82) is 0 Å². The molecule has 6 amide bonds. The van der Waals surface area contributed by atoms with Crippen molar-refractivity contribution in [2.45, 2.75) is 50.5 Å². The second-order valence-electron chi connectivity index (χ2n) is 8.94. The van der Waals surface area contributed by atoms with E-state index in [0.717, 1.165) is 19.3 Å². The van der Waals surface area contributed by atoms with Crippen LogP contribution in [-0.4, -0.2) is 76.8 Å². The SMILES string of the molecule is O=C(CCN1C(=O)NC2(CCCCC2)C1=O)N1CCCN(C(=O)Nc2ccc(Cl)cc2)CC1. The number of urea groups is 2. The zero-order valence-electron chi connectivity index (χ0n) is 18.6. The van der Waals surface area contributed by atoms with Gasteiger partial charge < -0.3 is 20.4 Å². The molecule has 0 radical (unpaired) electrons. The summed E-state index contributed by atoms with van der Waals surface area (Å²) >= 11 is 5.88. The van der Waals surface area contributed by atoms with Crippen molar-refractivity contribution in [2.24, 2.45) is 0 Å². The molecule has 0 unspecified atom stereocenters. The highest BCUT2D eigenvalue weighted by Gasteiger charge is 2.51. The number of hydrogen-bond donors (Lipinski definition) is 2. The summed E-state index contributed by atoms with van der Waals surface area (Å²) in [5.74, 6) is -0.305. The summed E-state index contributed by atoms with van der Waals surface area (Å²) in [5.41, 5.74) is -0.107. The highest BCUT2D eigenvalue weighted by Crippen LogP contribution is 2.33. The Morgan fingerprint density at radius 3 is 2.33 bits per heavy atom. The van der Waals surface area contributed by atoms with Crippen LogP contribution in [0.3, 0.4) is 0 Å². The zero-order valence-corrected chi connectivity index (χ0v) is 19.4. The van der Waals surface area contributed by atoms with E-state index in [9.17, 15) is 19.2 Å². The van der Waals surface area contributed by atoms with Gasteiger partial charge in [-0.25, -0.2) is 9.59 Å². The van der Waals surface area contributed by atoms with Crippen LogP contribution in [0, 0.1) is 0 Å². The summed E-state index contributed by atoms with van der Waals surface area (Å²) in [6.07, 6.45) is 5.01. The van der Waals surface area contributed by atoms with Crippen LogP contribution in [-0.2, 0) is 9.59 Å². The standard InChI is InChI=1S/C23H30ClN5O4/c24-17-5-7-18(8-6-17)25-21(32)28-13-4-12-27(15-16-28)19(30)9-14-29-20(31)23(26-22(29)33)10-2-1-3-11-23/h5-8H,1-4,9-16H2,(H,25,32)(H,26,33). The Kier molecular flexibility index (Phi) is 7.07. The highest BCUT2D eigenvalue weighted by atomic mass is 35.5. The second-order valence-corrected chi connectivity index (χ2v) is 9.37. The third-order valence-electron chi connectivity index (χ3n) is 6.73. The maximum absolute atomic E-state index is 12.9. The van der Waals surface area contributed by atoms with Gasteiger partial charge in [-0.3, -0.25) is 14.5 Å². The van der Waals surface area contributed by atoms with Crippen LogP contribution in [0.2, 0.25) is 5.02 Å². The monoisotopic (exact) mass is 475 g/mol. The lowest BCUT2D eigenvalue weighted by Crippen LogP contribution is -2.48. The molecule has 10 heteroatoms. The van der Waals surface area contributed by atoms with E-state index < -0.39 is 11.6 Å². The minimum Gasteiger partial charge on any atom is -0.341 e. The number of carbonyl (C=O) groups excluding carboxylic acids is 4. The van der Waals surface area contributed by atoms with Gasteiger partial charge in [-0.2, -0.15) is 0 Å². The lowest BCUT2D eigenvalue weighted by molar-refractivity contribution is -0.134. The number of halogens is 1. The molecule has 1 aromatic rings. The van der Waals surface area contributed by atoms with E-state index in [4.69, 9.17) is 11.6 Å². The third-order valence-corrected chi connectivity index (χ3v) is 6.99. The van der Waals surface area contributed by atoms with E-state index in [2.05, 4.69) is 10.6 Å². The fraction of sp³-hybridized carbons (Fsp3) is 0.565. The molecular weight excluding hydrogens is 446 g/mol. The number of hydrogen-bond acceptors (Lipinski definition) is 4. The highest BCUT2D eigenvalue weighted by molar-refractivity contribution is 6.30. The number of anilines is 1. The van der Waals surface area contributed by atoms with Crippen LogP contribution in [0.5, 0.6) is 0 Å². The summed E-state index contributed by atoms with van der Waals surface area (Å²) in [5, 5.41) is 6.32. The molecule has 2 heterocycles. The van der Waals surface area contributed by atoms with Crippen molar-refractivity contribution >= 4 is 41.2 Å². The van der Waals surface area contributed by atoms with E-state index in [1.54, 1.807) is 34.1 Å². The molecule has 3 aliphatic rings. The number of carbonyl (C=O) groups is 4. The molecule has 3 fully saturated rings. The van der Waals surface area contributed by atoms with Gasteiger partial charge in [0.1, 0.15) is 5.54 Å². The van der Waals surface area contributed by atoms with Crippen LogP contribution < -0.4 is 10.6 Å². The Morgan fingerprint density at radius 1 is 0.939 bits per heavy atom. The lowest BCUT2D eigenvalue weighted by Gasteiger charge is -2.30. The fourth-order valence-corrected chi connectivity index (χ4v) is 4.97. The molecular formula is C23H30ClN5O4. The van der Waals surface area contributed by atoms with Crippen LogP contribution in [0.25, 0.3) is 0 Å². The molecule has 9 nitrogen and oxygen atoms in total. The van der Waals surface area contributed by atoms with Gasteiger partial charge in [-0.1, -0.05) is 30.9 Å². The van der Waals surface area contributed by atoms with Crippen molar-refractivity contribution in [1.82, 2.24) is 20.0 Å². The Hall–Kier alpha value is -2.81. The maximum atomic E-state index is 12.9. The van der Waals surface area contributed by atoms with Gasteiger partial charge >= 0.3 is 12.1 Å². The zero-order chi connectivity index (χ0) is 23.4. The first-order valence-electron chi connectivity index (χ1n) is 11.6. The van der Waals surface area contributed by atoms with Crippen LogP contribution >= 0.6 is 11.6 Å². The minimum absolute atomic E-state index is 0.0858. The topological polar surface area (TPSA) is 102 Å². The van der Waals surface area contributed by atoms with Crippen molar-refractivity contribution in [3.05, 3.63) is 29.3 Å². The molecule has 2 saturated heterocycles. The first-order chi connectivity index (χ1) is 15.9. The molecule has 0 aromatic heterocycles. The smallest absolute Gasteiger partial charge is 0.325 e. The van der Waals surface area contributed by atoms with Gasteiger partial charge in [0.2, 0.25) is 5.91 Å². The minimum atomic E-state index is -0.765. The number of rotatable bonds is 4. The Balaban J connectivity index is 1.26. The first kappa shape index (κ1) is 23.4. The van der Waals surface area contributed by atoms with E-state index >= 15 is 0 Å². The average Bonchev–Trinajstić information content (AvgIpc) is 2.97. The molecule has 1 saturated carbocycles. The number of imide groups is 1. The predicted molar refractivity (Wildman–Crippen MR) is 124 cm³/mol. The summed E-state index contributed by atoms with van der Waals surface area (Å²) < 4.78 is 0. The Labute approximate surface area is 198 Å². The van der Waals surface area contributed by atoms with E-state index in [1.165, 1.54) is 4.90 Å². The molecule has 0 atom stereocenters. The molecule has 1 aliphatic carbocycles. The lowest BCUT2D eigenvalue weighted by atomic mass is 9.82. The Morgan fingerprint density at radius 2 is 1.61 bits per heavy atom. The predicted octanol–water partition coefficient (Wildman–Crippen LogP) is 3.05. The number of amides is 6. The van der Waals surface area contributed by atoms with Gasteiger partial charge in [0, 0.05) is 49.9 Å². The van der Waals surface area contributed by atoms with Crippen LogP contribution in [0.4, 0.5) is 15.3 Å². The van der Waals surface area contributed by atoms with Gasteiger partial charge in [0.15, 0.2) is 0 Å². The third kappa shape index (κ3) is 5.24. The molecule has 178 valence electrons. The normalized spacial score (nSPS) is 20.6. The van der Waals surface area contributed by atoms with E-state index in [0.29, 0.717) is 56.2 Å². The molecule has 1 spiro atoms. The number of nitrogens with one attached hydrogen (secondary N) is 2. The summed E-state index contributed by atoms with van der Waals surface area (Å²) in [7, 11) is 0. The number of benzene rings is 1. The molecule has 0 bridgehead atoms. The van der Waals surface area contributed by atoms with Gasteiger partial charge in [-0.15, -0.1) is 0 Å². The average molecular weight is 476 g/mol. The maximum Gasteiger partial charge on any atom is 0.325 e. The fourth-order valence-electron chi connectivity index (χ4n) is 4.84. The van der Waals surface area contributed by atoms with Gasteiger partial charge in [0.05, 0.1) is 0 Å². The second kappa shape index (κ2) is 9.99. The van der Waals surface area contributed by atoms with Crippen molar-refractivity contribution in [2.75, 3.05) is 38.0 Å². The summed E-state index contributed by atoms with van der Waals surface area (Å²) in [6, 6.07) is 6.28. The first-order valence-corrected chi connectivity index (χ1v) is 12.0. The largest absolute Gasteiger partial charge is 0.341 e. The summed E-state index contributed by atoms with van der Waals surface area (Å²) in [4.78, 5) is 55.3. The molecule has 4 rings (SSSR count). The van der Waals surface area contributed by atoms with Crippen molar-refractivity contribution in [3.8, 4) is 0 Å². The van der Waals surface area contributed by atoms with Crippen LogP contribution in [0.15, 0.2) is 24.3 Å². The summed E-state index contributed by atoms with van der Waals surface area (Å²) in [6.45, 7) is 1.99. The van der Waals surface area contributed by atoms with Gasteiger partial charge in [-0.05, 0) is 43.5 Å². The molecule has 33 heavy (non-hydrogen) atoms. The van der Waals surface area contributed by atoms with Crippen LogP contribution in [0.1, 0.15) is 44.9 Å². The molecule has 2 N–H and O–H groups in total. The molecule has 1 aromatic carbocycles. The quantitative estimate of drug-likeness (QED) is 0.653. The van der Waals surface area contributed by atoms with Crippen molar-refractivity contribution < 1.29 is 19.2 Å². The number of nitrogens with zero attached hydrogens (tertiary/aromatic N) is 3. The molecule has 2 aliphatic heterocycles. The van der Waals surface area contributed by atoms with E-state index in [-0.39, 0.29) is 30.8 Å².